The van der Waals surface area contributed by atoms with Crippen molar-refractivity contribution in [2.75, 3.05) is 47.4 Å². The Morgan fingerprint density at radius 1 is 1.09 bits per heavy atom. The van der Waals surface area contributed by atoms with Crippen LogP contribution in [0.1, 0.15) is 44.6 Å². The lowest BCUT2D eigenvalue weighted by Crippen LogP contribution is -2.48. The number of fused-ring (bicyclic) bond motifs is 1. The van der Waals surface area contributed by atoms with Gasteiger partial charge in [0.2, 0.25) is 0 Å². The van der Waals surface area contributed by atoms with Crippen LogP contribution in [0.3, 0.4) is 0 Å². The third-order valence-corrected chi connectivity index (χ3v) is 6.75. The summed E-state index contributed by atoms with van der Waals surface area (Å²) in [6.45, 7) is 9.76. The van der Waals surface area contributed by atoms with Gasteiger partial charge in [-0.3, -0.25) is 9.69 Å². The minimum atomic E-state index is -0.374. The summed E-state index contributed by atoms with van der Waals surface area (Å²) >= 11 is 0. The lowest BCUT2D eigenvalue weighted by Gasteiger charge is -2.38. The molecule has 1 aromatic carbocycles. The topological polar surface area (TPSA) is 101 Å². The average molecular weight is 456 g/mol. The molecule has 3 heterocycles. The van der Waals surface area contributed by atoms with Gasteiger partial charge in [0.05, 0.1) is 25.3 Å². The number of piperazine rings is 1. The number of hydrogen-bond acceptors (Lipinski definition) is 8. The molecule has 0 aliphatic carbocycles. The van der Waals surface area contributed by atoms with Crippen molar-refractivity contribution in [3.05, 3.63) is 39.9 Å². The Kier molecular flexibility index (Phi) is 6.40. The fourth-order valence-electron chi connectivity index (χ4n) is 4.28. The Morgan fingerprint density at radius 2 is 1.76 bits per heavy atom. The molecule has 1 aliphatic rings. The molecule has 1 saturated heterocycles. The summed E-state index contributed by atoms with van der Waals surface area (Å²) in [6.07, 6.45) is 0.853. The molecule has 1 fully saturated rings. The molecule has 10 nitrogen and oxygen atoms in total. The smallest absolute Gasteiger partial charge is 0.253 e. The third-order valence-electron chi connectivity index (χ3n) is 6.75. The number of tetrazole rings is 1. The second-order valence-electron chi connectivity index (χ2n) is 9.20. The maximum Gasteiger partial charge on any atom is 0.253 e. The molecule has 2 aromatic heterocycles. The van der Waals surface area contributed by atoms with Gasteiger partial charge in [-0.1, -0.05) is 6.92 Å². The van der Waals surface area contributed by atoms with Crippen LogP contribution < -0.4 is 15.0 Å². The van der Waals surface area contributed by atoms with Crippen LogP contribution in [0.5, 0.6) is 11.5 Å². The van der Waals surface area contributed by atoms with E-state index >= 15 is 0 Å². The lowest BCUT2D eigenvalue weighted by atomic mass is 9.99. The van der Waals surface area contributed by atoms with Crippen LogP contribution in [-0.2, 0) is 5.54 Å². The van der Waals surface area contributed by atoms with Gasteiger partial charge >= 0.3 is 0 Å². The molecule has 178 valence electrons. The second kappa shape index (κ2) is 9.11. The quantitative estimate of drug-likeness (QED) is 0.577. The third kappa shape index (κ3) is 4.32. The van der Waals surface area contributed by atoms with Gasteiger partial charge in [0.1, 0.15) is 6.04 Å². The van der Waals surface area contributed by atoms with Crippen molar-refractivity contribution in [2.24, 2.45) is 0 Å². The molecular formula is C23H33N7O3. The number of methoxy groups -OCH3 is 2. The van der Waals surface area contributed by atoms with E-state index in [0.717, 1.165) is 38.0 Å². The van der Waals surface area contributed by atoms with Gasteiger partial charge in [0.15, 0.2) is 17.3 Å². The van der Waals surface area contributed by atoms with E-state index in [1.165, 1.54) is 0 Å². The van der Waals surface area contributed by atoms with Crippen molar-refractivity contribution in [1.82, 2.24) is 35.0 Å². The predicted octanol–water partition coefficient (Wildman–Crippen LogP) is 2.01. The summed E-state index contributed by atoms with van der Waals surface area (Å²) in [5, 5.41) is 13.6. The van der Waals surface area contributed by atoms with E-state index in [2.05, 4.69) is 58.1 Å². The summed E-state index contributed by atoms with van der Waals surface area (Å²) < 4.78 is 12.8. The molecule has 1 atom stereocenters. The van der Waals surface area contributed by atoms with E-state index in [-0.39, 0.29) is 17.1 Å². The molecule has 0 radical (unpaired) electrons. The van der Waals surface area contributed by atoms with E-state index in [0.29, 0.717) is 28.4 Å². The SMILES string of the molecule is CCC(C)(C)n1nnnc1[C@H](c1cc2cc(OC)c(OC)cc2[nH]c1=O)N1CCN(C)CC1. The Labute approximate surface area is 193 Å². The number of likely N-dealkylation sites (N-methyl/N-ethyl adjacent to an activating group) is 1. The average Bonchev–Trinajstić information content (AvgIpc) is 3.30. The highest BCUT2D eigenvalue weighted by atomic mass is 16.5. The summed E-state index contributed by atoms with van der Waals surface area (Å²) in [7, 11) is 5.29. The summed E-state index contributed by atoms with van der Waals surface area (Å²) in [5.74, 6) is 1.85. The summed E-state index contributed by atoms with van der Waals surface area (Å²) in [6, 6.07) is 5.22. The number of aromatic nitrogens is 5. The number of benzene rings is 1. The molecule has 1 aliphatic heterocycles. The zero-order valence-corrected chi connectivity index (χ0v) is 20.3. The van der Waals surface area contributed by atoms with Gasteiger partial charge < -0.3 is 19.4 Å². The largest absolute Gasteiger partial charge is 0.493 e. The number of nitrogens with one attached hydrogen (secondary N) is 1. The number of H-pyrrole nitrogens is 1. The Bertz CT molecular complexity index is 1180. The van der Waals surface area contributed by atoms with Crippen molar-refractivity contribution in [3.8, 4) is 11.5 Å². The van der Waals surface area contributed by atoms with Gasteiger partial charge in [-0.05, 0) is 49.9 Å². The Balaban J connectivity index is 1.90. The van der Waals surface area contributed by atoms with E-state index in [1.807, 2.05) is 16.8 Å². The predicted molar refractivity (Wildman–Crippen MR) is 126 cm³/mol. The van der Waals surface area contributed by atoms with Gasteiger partial charge in [-0.25, -0.2) is 4.68 Å². The molecule has 33 heavy (non-hydrogen) atoms. The number of rotatable bonds is 7. The Morgan fingerprint density at radius 3 is 2.39 bits per heavy atom. The minimum Gasteiger partial charge on any atom is -0.493 e. The zero-order valence-electron chi connectivity index (χ0n) is 20.3. The van der Waals surface area contributed by atoms with Crippen molar-refractivity contribution >= 4 is 10.9 Å². The number of aromatic amines is 1. The number of nitrogens with zero attached hydrogens (tertiary/aromatic N) is 6. The van der Waals surface area contributed by atoms with Crippen LogP contribution in [0.25, 0.3) is 10.9 Å². The Hall–Kier alpha value is -2.98. The van der Waals surface area contributed by atoms with E-state index in [9.17, 15) is 4.79 Å². The number of pyridine rings is 1. The highest BCUT2D eigenvalue weighted by molar-refractivity contribution is 5.83. The fourth-order valence-corrected chi connectivity index (χ4v) is 4.28. The molecule has 3 aromatic rings. The van der Waals surface area contributed by atoms with Gasteiger partial charge in [0, 0.05) is 43.2 Å². The van der Waals surface area contributed by atoms with Crippen molar-refractivity contribution < 1.29 is 9.47 Å². The van der Waals surface area contributed by atoms with Crippen LogP contribution in [0.2, 0.25) is 0 Å². The summed E-state index contributed by atoms with van der Waals surface area (Å²) in [4.78, 5) is 21.0. The van der Waals surface area contributed by atoms with Gasteiger partial charge in [-0.2, -0.15) is 0 Å². The van der Waals surface area contributed by atoms with Gasteiger partial charge in [-0.15, -0.1) is 5.10 Å². The number of hydrogen-bond donors (Lipinski definition) is 1. The molecule has 0 amide bonds. The first kappa shape index (κ1) is 23.2. The highest BCUT2D eigenvalue weighted by Gasteiger charge is 2.35. The maximum atomic E-state index is 13.4. The van der Waals surface area contributed by atoms with Crippen molar-refractivity contribution in [1.29, 1.82) is 0 Å². The second-order valence-corrected chi connectivity index (χ2v) is 9.20. The molecule has 1 N–H and O–H groups in total. The van der Waals surface area contributed by atoms with Gasteiger partial charge in [0.25, 0.3) is 5.56 Å². The van der Waals surface area contributed by atoms with Crippen LogP contribution in [0.4, 0.5) is 0 Å². The highest BCUT2D eigenvalue weighted by Crippen LogP contribution is 2.34. The maximum absolute atomic E-state index is 13.4. The van der Waals surface area contributed by atoms with E-state index in [4.69, 9.17) is 9.47 Å². The zero-order chi connectivity index (χ0) is 23.8. The molecule has 0 spiro atoms. The fraction of sp³-hybridized carbons (Fsp3) is 0.565. The van der Waals surface area contributed by atoms with E-state index in [1.54, 1.807) is 20.3 Å². The first-order valence-corrected chi connectivity index (χ1v) is 11.3. The van der Waals surface area contributed by atoms with Crippen LogP contribution in [0.15, 0.2) is 23.0 Å². The minimum absolute atomic E-state index is 0.164. The molecule has 0 bridgehead atoms. The normalized spacial score (nSPS) is 16.8. The monoisotopic (exact) mass is 455 g/mol. The van der Waals surface area contributed by atoms with Crippen LogP contribution in [-0.4, -0.2) is 82.4 Å². The lowest BCUT2D eigenvalue weighted by molar-refractivity contribution is 0.117. The summed E-state index contributed by atoms with van der Waals surface area (Å²) in [5.41, 5.74) is 0.848. The van der Waals surface area contributed by atoms with Crippen molar-refractivity contribution in [2.45, 2.75) is 38.8 Å². The first-order chi connectivity index (χ1) is 15.8. The molecule has 0 unspecified atom stereocenters. The molecule has 0 saturated carbocycles. The molecule has 4 rings (SSSR count). The standard InChI is InChI=1S/C23H33N7O3/c1-7-23(2,3)30-21(25-26-27-30)20(29-10-8-28(4)9-11-29)16-12-15-13-18(32-5)19(33-6)14-17(15)24-22(16)31/h12-14,20H,7-11H2,1-6H3,(H,24,31)/t20-/m0/s1. The molecule has 10 heteroatoms. The van der Waals surface area contributed by atoms with Crippen molar-refractivity contribution in [3.63, 3.8) is 0 Å². The molecular weight excluding hydrogens is 422 g/mol. The van der Waals surface area contributed by atoms with Crippen LogP contribution >= 0.6 is 0 Å². The van der Waals surface area contributed by atoms with Crippen LogP contribution in [0, 0.1) is 0 Å². The number of ether oxygens (including phenoxy) is 2. The van der Waals surface area contributed by atoms with E-state index < -0.39 is 0 Å². The first-order valence-electron chi connectivity index (χ1n) is 11.3.